The second-order valence-electron chi connectivity index (χ2n) is 5.32. The molecular formula is C19H25NOS. The van der Waals surface area contributed by atoms with Gasteiger partial charge in [0, 0.05) is 10.9 Å². The summed E-state index contributed by atoms with van der Waals surface area (Å²) in [5, 5.41) is 4.26. The van der Waals surface area contributed by atoms with Crippen molar-refractivity contribution in [1.29, 1.82) is 0 Å². The van der Waals surface area contributed by atoms with E-state index in [0.29, 0.717) is 11.3 Å². The topological polar surface area (TPSA) is 21.3 Å². The van der Waals surface area contributed by atoms with Gasteiger partial charge in [0.2, 0.25) is 0 Å². The predicted molar refractivity (Wildman–Crippen MR) is 98.0 cm³/mol. The Balaban J connectivity index is 2.23. The highest BCUT2D eigenvalue weighted by Crippen LogP contribution is 2.32. The number of rotatable bonds is 8. The summed E-state index contributed by atoms with van der Waals surface area (Å²) in [5.74, 6) is 0.886. The molecule has 0 saturated heterocycles. The van der Waals surface area contributed by atoms with E-state index in [0.717, 1.165) is 11.4 Å². The summed E-state index contributed by atoms with van der Waals surface area (Å²) in [5.41, 5.74) is 2.47. The van der Waals surface area contributed by atoms with E-state index in [1.165, 1.54) is 18.4 Å². The first-order valence-corrected chi connectivity index (χ1v) is 9.05. The molecule has 2 unspecified atom stereocenters. The summed E-state index contributed by atoms with van der Waals surface area (Å²) in [6.07, 6.45) is 4.59. The molecule has 0 aliphatic heterocycles. The molecule has 0 amide bonds. The van der Waals surface area contributed by atoms with Crippen molar-refractivity contribution in [3.8, 4) is 5.75 Å². The molecule has 22 heavy (non-hydrogen) atoms. The Hall–Kier alpha value is -1.61. The summed E-state index contributed by atoms with van der Waals surface area (Å²) in [6.45, 7) is 2.25. The third-order valence-electron chi connectivity index (χ3n) is 3.82. The van der Waals surface area contributed by atoms with E-state index in [9.17, 15) is 0 Å². The van der Waals surface area contributed by atoms with Gasteiger partial charge in [0.1, 0.15) is 5.75 Å². The van der Waals surface area contributed by atoms with Crippen LogP contribution in [0.3, 0.4) is 0 Å². The Morgan fingerprint density at radius 1 is 1.05 bits per heavy atom. The molecule has 0 bridgehead atoms. The Morgan fingerprint density at radius 2 is 1.73 bits per heavy atom. The maximum Gasteiger partial charge on any atom is 0.119 e. The molecule has 0 fully saturated rings. The molecule has 0 saturated carbocycles. The van der Waals surface area contributed by atoms with Crippen LogP contribution in [0.2, 0.25) is 0 Å². The molecule has 2 rings (SSSR count). The van der Waals surface area contributed by atoms with Gasteiger partial charge in [-0.3, -0.25) is 0 Å². The van der Waals surface area contributed by atoms with E-state index in [1.54, 1.807) is 7.11 Å². The van der Waals surface area contributed by atoms with Gasteiger partial charge in [-0.05, 0) is 42.5 Å². The number of methoxy groups -OCH3 is 1. The molecule has 0 spiro atoms. The van der Waals surface area contributed by atoms with Crippen LogP contribution in [-0.2, 0) is 0 Å². The second-order valence-corrected chi connectivity index (χ2v) is 6.40. The number of nitrogens with one attached hydrogen (secondary N) is 1. The Labute approximate surface area is 138 Å². The maximum atomic E-state index is 5.23. The average molecular weight is 315 g/mol. The van der Waals surface area contributed by atoms with Crippen molar-refractivity contribution in [2.75, 3.05) is 18.7 Å². The van der Waals surface area contributed by atoms with Gasteiger partial charge >= 0.3 is 0 Å². The number of thioether (sulfide) groups is 1. The standard InChI is InChI=1S/C19H25NOS/c1-4-8-18(22-3)19(15-9-6-5-7-10-15)20-16-11-13-17(21-2)14-12-16/h5-7,9-14,18-20H,4,8H2,1-3H3. The summed E-state index contributed by atoms with van der Waals surface area (Å²) in [6, 6.07) is 19.2. The predicted octanol–water partition coefficient (Wildman–Crippen LogP) is 5.38. The molecule has 0 aliphatic rings. The van der Waals surface area contributed by atoms with Crippen LogP contribution in [-0.4, -0.2) is 18.6 Å². The van der Waals surface area contributed by atoms with Gasteiger partial charge in [-0.25, -0.2) is 0 Å². The van der Waals surface area contributed by atoms with Gasteiger partial charge < -0.3 is 10.1 Å². The van der Waals surface area contributed by atoms with Crippen LogP contribution in [0.5, 0.6) is 5.75 Å². The van der Waals surface area contributed by atoms with Crippen LogP contribution in [0.1, 0.15) is 31.4 Å². The van der Waals surface area contributed by atoms with Crippen molar-refractivity contribution in [3.63, 3.8) is 0 Å². The fourth-order valence-electron chi connectivity index (χ4n) is 2.62. The molecule has 118 valence electrons. The van der Waals surface area contributed by atoms with Gasteiger partial charge in [0.15, 0.2) is 0 Å². The molecule has 0 aliphatic carbocycles. The summed E-state index contributed by atoms with van der Waals surface area (Å²) in [4.78, 5) is 0. The Morgan fingerprint density at radius 3 is 2.27 bits per heavy atom. The summed E-state index contributed by atoms with van der Waals surface area (Å²) >= 11 is 1.94. The van der Waals surface area contributed by atoms with Crippen molar-refractivity contribution in [2.45, 2.75) is 31.1 Å². The minimum atomic E-state index is 0.310. The number of hydrogen-bond donors (Lipinski definition) is 1. The molecule has 3 heteroatoms. The largest absolute Gasteiger partial charge is 0.497 e. The molecule has 2 nitrogen and oxygen atoms in total. The van der Waals surface area contributed by atoms with E-state index in [1.807, 2.05) is 23.9 Å². The molecular weight excluding hydrogens is 290 g/mol. The van der Waals surface area contributed by atoms with Gasteiger partial charge in [-0.15, -0.1) is 0 Å². The molecule has 0 heterocycles. The smallest absolute Gasteiger partial charge is 0.119 e. The number of anilines is 1. The third-order valence-corrected chi connectivity index (χ3v) is 4.93. The first kappa shape index (κ1) is 16.8. The highest BCUT2D eigenvalue weighted by atomic mass is 32.2. The molecule has 2 aromatic rings. The quantitative estimate of drug-likeness (QED) is 0.706. The van der Waals surface area contributed by atoms with Crippen LogP contribution < -0.4 is 10.1 Å². The molecule has 0 radical (unpaired) electrons. The van der Waals surface area contributed by atoms with Gasteiger partial charge in [-0.1, -0.05) is 43.7 Å². The fraction of sp³-hybridized carbons (Fsp3) is 0.368. The first-order valence-electron chi connectivity index (χ1n) is 7.76. The fourth-order valence-corrected chi connectivity index (χ4v) is 3.59. The lowest BCUT2D eigenvalue weighted by molar-refractivity contribution is 0.415. The van der Waals surface area contributed by atoms with Crippen molar-refractivity contribution < 1.29 is 4.74 Å². The lowest BCUT2D eigenvalue weighted by Gasteiger charge is -2.28. The molecule has 0 aromatic heterocycles. The van der Waals surface area contributed by atoms with E-state index < -0.39 is 0 Å². The van der Waals surface area contributed by atoms with Crippen molar-refractivity contribution in [2.24, 2.45) is 0 Å². The number of hydrogen-bond acceptors (Lipinski definition) is 3. The third kappa shape index (κ3) is 4.44. The summed E-state index contributed by atoms with van der Waals surface area (Å²) < 4.78 is 5.23. The molecule has 2 aromatic carbocycles. The zero-order chi connectivity index (χ0) is 15.8. The second kappa shape index (κ2) is 8.74. The average Bonchev–Trinajstić information content (AvgIpc) is 2.59. The lowest BCUT2D eigenvalue weighted by Crippen LogP contribution is -2.23. The maximum absolute atomic E-state index is 5.23. The minimum Gasteiger partial charge on any atom is -0.497 e. The van der Waals surface area contributed by atoms with Crippen molar-refractivity contribution >= 4 is 17.4 Å². The van der Waals surface area contributed by atoms with Gasteiger partial charge in [0.25, 0.3) is 0 Å². The minimum absolute atomic E-state index is 0.310. The van der Waals surface area contributed by atoms with Gasteiger partial charge in [-0.2, -0.15) is 11.8 Å². The van der Waals surface area contributed by atoms with E-state index in [4.69, 9.17) is 4.74 Å². The van der Waals surface area contributed by atoms with Crippen LogP contribution in [0.25, 0.3) is 0 Å². The van der Waals surface area contributed by atoms with E-state index >= 15 is 0 Å². The van der Waals surface area contributed by atoms with E-state index in [-0.39, 0.29) is 0 Å². The SMILES string of the molecule is CCCC(SC)C(Nc1ccc(OC)cc1)c1ccccc1. The van der Waals surface area contributed by atoms with E-state index in [2.05, 4.69) is 61.0 Å². The zero-order valence-corrected chi connectivity index (χ0v) is 14.4. The normalized spacial score (nSPS) is 13.4. The number of benzene rings is 2. The van der Waals surface area contributed by atoms with Crippen LogP contribution in [0.15, 0.2) is 54.6 Å². The highest BCUT2D eigenvalue weighted by molar-refractivity contribution is 7.99. The Kier molecular flexibility index (Phi) is 6.66. The van der Waals surface area contributed by atoms with Gasteiger partial charge in [0.05, 0.1) is 13.2 Å². The Bertz CT molecular complexity index is 541. The van der Waals surface area contributed by atoms with Crippen LogP contribution >= 0.6 is 11.8 Å². The molecule has 1 N–H and O–H groups in total. The van der Waals surface area contributed by atoms with Crippen LogP contribution in [0.4, 0.5) is 5.69 Å². The monoisotopic (exact) mass is 315 g/mol. The summed E-state index contributed by atoms with van der Waals surface area (Å²) in [7, 11) is 1.69. The first-order chi connectivity index (χ1) is 10.8. The van der Waals surface area contributed by atoms with Crippen LogP contribution in [0, 0.1) is 0 Å². The zero-order valence-electron chi connectivity index (χ0n) is 13.6. The van der Waals surface area contributed by atoms with Crippen molar-refractivity contribution in [1.82, 2.24) is 0 Å². The lowest BCUT2D eigenvalue weighted by atomic mass is 10.00. The highest BCUT2D eigenvalue weighted by Gasteiger charge is 2.21. The van der Waals surface area contributed by atoms with Crippen molar-refractivity contribution in [3.05, 3.63) is 60.2 Å². The molecule has 2 atom stereocenters. The number of ether oxygens (including phenoxy) is 1.